The van der Waals surface area contributed by atoms with Crippen molar-refractivity contribution in [3.8, 4) is 0 Å². The van der Waals surface area contributed by atoms with Crippen molar-refractivity contribution in [3.63, 3.8) is 0 Å². The smallest absolute Gasteiger partial charge is 0.346 e. The predicted octanol–water partition coefficient (Wildman–Crippen LogP) is 2.96. The monoisotopic (exact) mass is 462 g/mol. The Labute approximate surface area is 195 Å². The zero-order valence-electron chi connectivity index (χ0n) is 21.1. The van der Waals surface area contributed by atoms with Crippen LogP contribution in [-0.4, -0.2) is 52.2 Å². The summed E-state index contributed by atoms with van der Waals surface area (Å²) in [6.45, 7) is 13.2. The van der Waals surface area contributed by atoms with Gasteiger partial charge < -0.3 is 19.7 Å². The van der Waals surface area contributed by atoms with Crippen LogP contribution in [-0.2, 0) is 23.9 Å². The van der Waals surface area contributed by atoms with E-state index in [4.69, 9.17) is 9.47 Å². The van der Waals surface area contributed by atoms with Gasteiger partial charge in [-0.1, -0.05) is 34.6 Å². The summed E-state index contributed by atoms with van der Waals surface area (Å²) in [4.78, 5) is 38.7. The number of methoxy groups -OCH3 is 1. The van der Waals surface area contributed by atoms with E-state index in [2.05, 4.69) is 6.92 Å². The lowest BCUT2D eigenvalue weighted by Gasteiger charge is -2.67. The number of hydrogen-bond acceptors (Lipinski definition) is 7. The number of carbonyl (C=O) groups is 3. The van der Waals surface area contributed by atoms with Gasteiger partial charge in [-0.2, -0.15) is 0 Å². The Hall–Kier alpha value is -1.73. The highest BCUT2D eigenvalue weighted by molar-refractivity contribution is 6.16. The van der Waals surface area contributed by atoms with Crippen LogP contribution < -0.4 is 0 Å². The fourth-order valence-corrected chi connectivity index (χ4v) is 8.32. The number of ketones is 2. The molecule has 184 valence electrons. The largest absolute Gasteiger partial charge is 0.491 e. The number of ether oxygens (including phenoxy) is 2. The molecule has 2 N–H and O–H groups in total. The van der Waals surface area contributed by atoms with Gasteiger partial charge >= 0.3 is 5.97 Å². The summed E-state index contributed by atoms with van der Waals surface area (Å²) in [5.74, 6) is -2.05. The molecular formula is C26H38O7. The maximum Gasteiger partial charge on any atom is 0.346 e. The van der Waals surface area contributed by atoms with Crippen LogP contribution in [0.1, 0.15) is 74.1 Å². The van der Waals surface area contributed by atoms with Gasteiger partial charge in [0.1, 0.15) is 17.1 Å². The molecule has 3 aliphatic carbocycles. The Morgan fingerprint density at radius 3 is 2.30 bits per heavy atom. The molecule has 2 saturated carbocycles. The molecule has 4 aliphatic rings. The molecule has 7 nitrogen and oxygen atoms in total. The van der Waals surface area contributed by atoms with Gasteiger partial charge in [0.25, 0.3) is 0 Å². The van der Waals surface area contributed by atoms with Gasteiger partial charge in [-0.15, -0.1) is 0 Å². The highest BCUT2D eigenvalue weighted by Crippen LogP contribution is 2.68. The molecule has 1 saturated heterocycles. The Bertz CT molecular complexity index is 966. The van der Waals surface area contributed by atoms with Crippen molar-refractivity contribution in [2.24, 2.45) is 34.0 Å². The van der Waals surface area contributed by atoms with Gasteiger partial charge in [0, 0.05) is 47.0 Å². The summed E-state index contributed by atoms with van der Waals surface area (Å²) in [6, 6.07) is 0. The van der Waals surface area contributed by atoms with Crippen LogP contribution in [0.3, 0.4) is 0 Å². The van der Waals surface area contributed by atoms with Gasteiger partial charge in [0.15, 0.2) is 0 Å². The second-order valence-electron chi connectivity index (χ2n) is 12.3. The average Bonchev–Trinajstić information content (AvgIpc) is 2.73. The number of aliphatic hydroxyl groups is 2. The topological polar surface area (TPSA) is 110 Å². The van der Waals surface area contributed by atoms with E-state index in [0.29, 0.717) is 31.4 Å². The van der Waals surface area contributed by atoms with Crippen molar-refractivity contribution < 1.29 is 34.1 Å². The Morgan fingerprint density at radius 2 is 1.73 bits per heavy atom. The van der Waals surface area contributed by atoms with Crippen LogP contribution in [0.4, 0.5) is 0 Å². The Kier molecular flexibility index (Phi) is 5.11. The van der Waals surface area contributed by atoms with Crippen LogP contribution in [0.5, 0.6) is 0 Å². The lowest BCUT2D eigenvalue weighted by atomic mass is 9.41. The number of rotatable bonds is 1. The molecule has 33 heavy (non-hydrogen) atoms. The lowest BCUT2D eigenvalue weighted by Crippen LogP contribution is -2.70. The molecule has 7 heteroatoms. The van der Waals surface area contributed by atoms with Crippen LogP contribution in [0.15, 0.2) is 11.3 Å². The molecule has 4 rings (SSSR count). The molecule has 0 amide bonds. The van der Waals surface area contributed by atoms with Gasteiger partial charge in [-0.25, -0.2) is 4.79 Å². The fourth-order valence-electron chi connectivity index (χ4n) is 8.32. The number of carbonyl (C=O) groups excluding carboxylic acids is 3. The quantitative estimate of drug-likeness (QED) is 0.455. The minimum Gasteiger partial charge on any atom is -0.491 e. The molecular weight excluding hydrogens is 424 g/mol. The van der Waals surface area contributed by atoms with Crippen molar-refractivity contribution in [3.05, 3.63) is 11.3 Å². The summed E-state index contributed by atoms with van der Waals surface area (Å²) in [7, 11) is 1.17. The minimum atomic E-state index is -2.29. The molecule has 0 radical (unpaired) electrons. The summed E-state index contributed by atoms with van der Waals surface area (Å²) < 4.78 is 11.5. The summed E-state index contributed by atoms with van der Waals surface area (Å²) in [5, 5.41) is 22.7. The molecule has 1 aliphatic heterocycles. The maximum atomic E-state index is 13.2. The Morgan fingerprint density at radius 1 is 1.12 bits per heavy atom. The third-order valence-corrected chi connectivity index (χ3v) is 10.2. The van der Waals surface area contributed by atoms with E-state index in [-0.39, 0.29) is 23.2 Å². The van der Waals surface area contributed by atoms with Crippen molar-refractivity contribution in [1.82, 2.24) is 0 Å². The first-order valence-electron chi connectivity index (χ1n) is 12.0. The van der Waals surface area contributed by atoms with Crippen molar-refractivity contribution >= 4 is 17.5 Å². The number of fused-ring (bicyclic) bond motifs is 4. The zero-order chi connectivity index (χ0) is 24.9. The first-order chi connectivity index (χ1) is 15.0. The first-order valence-corrected chi connectivity index (χ1v) is 12.0. The van der Waals surface area contributed by atoms with Gasteiger partial charge in [-0.05, 0) is 32.1 Å². The highest BCUT2D eigenvalue weighted by Gasteiger charge is 2.71. The van der Waals surface area contributed by atoms with E-state index in [1.54, 1.807) is 13.8 Å². The fraction of sp³-hybridized carbons (Fsp3) is 0.808. The minimum absolute atomic E-state index is 0.0510. The van der Waals surface area contributed by atoms with Crippen molar-refractivity contribution in [2.45, 2.75) is 91.5 Å². The molecule has 0 spiro atoms. The number of hydrogen-bond donors (Lipinski definition) is 2. The lowest BCUT2D eigenvalue weighted by molar-refractivity contribution is -0.255. The van der Waals surface area contributed by atoms with E-state index in [0.717, 1.165) is 0 Å². The predicted molar refractivity (Wildman–Crippen MR) is 120 cm³/mol. The Balaban J connectivity index is 1.88. The second kappa shape index (κ2) is 6.91. The standard InChI is InChI=1S/C26H38O7/c1-13-19(29)26(31,21(30)32-8)14(2)24(6)12-16-23(5)10-9-17(28)22(3,4)18(23)15(27)11-25(16,7)33-20(13)24/h14-16,18,27,31H,9-12H2,1-8H3/t14-,15+,16+,18-,23+,24-,25+,26-/m1/s1. The third kappa shape index (κ3) is 2.78. The summed E-state index contributed by atoms with van der Waals surface area (Å²) in [5.41, 5.74) is -4.66. The second-order valence-corrected chi connectivity index (χ2v) is 12.3. The van der Waals surface area contributed by atoms with E-state index < -0.39 is 51.2 Å². The molecule has 0 aromatic carbocycles. The van der Waals surface area contributed by atoms with Crippen molar-refractivity contribution in [1.29, 1.82) is 0 Å². The first kappa shape index (κ1) is 24.4. The molecule has 0 aromatic heterocycles. The van der Waals surface area contributed by atoms with Gasteiger partial charge in [0.05, 0.1) is 13.2 Å². The molecule has 0 aromatic rings. The van der Waals surface area contributed by atoms with E-state index in [1.165, 1.54) is 7.11 Å². The van der Waals surface area contributed by atoms with Gasteiger partial charge in [-0.3, -0.25) is 9.59 Å². The van der Waals surface area contributed by atoms with Crippen LogP contribution in [0.25, 0.3) is 0 Å². The zero-order valence-corrected chi connectivity index (χ0v) is 21.1. The van der Waals surface area contributed by atoms with Gasteiger partial charge in [0.2, 0.25) is 11.4 Å². The third-order valence-electron chi connectivity index (χ3n) is 10.2. The summed E-state index contributed by atoms with van der Waals surface area (Å²) in [6.07, 6.45) is 1.28. The molecule has 8 atom stereocenters. The van der Waals surface area contributed by atoms with Crippen LogP contribution in [0, 0.1) is 34.0 Å². The number of Topliss-reactive ketones (excluding diaryl/α,β-unsaturated/α-hetero) is 2. The normalized spacial score (nSPS) is 48.9. The van der Waals surface area contributed by atoms with Crippen LogP contribution >= 0.6 is 0 Å². The number of esters is 1. The highest BCUT2D eigenvalue weighted by atomic mass is 16.5. The molecule has 0 unspecified atom stereocenters. The van der Waals surface area contributed by atoms with E-state index in [9.17, 15) is 24.6 Å². The van der Waals surface area contributed by atoms with Crippen LogP contribution in [0.2, 0.25) is 0 Å². The maximum absolute atomic E-state index is 13.2. The van der Waals surface area contributed by atoms with Crippen molar-refractivity contribution in [2.75, 3.05) is 7.11 Å². The SMILES string of the molecule is COC(=O)[C@]1(O)C(=O)C(C)=C2O[C@@]3(C)C[C@H](O)[C@@H]4C(C)(C)C(=O)CC[C@@]4(C)[C@@H]3C[C@]2(C)[C@H]1C. The number of allylic oxidation sites excluding steroid dienone is 1. The van der Waals surface area contributed by atoms with E-state index >= 15 is 0 Å². The average molecular weight is 463 g/mol. The summed E-state index contributed by atoms with van der Waals surface area (Å²) >= 11 is 0. The molecule has 3 fully saturated rings. The molecule has 0 bridgehead atoms. The molecule has 1 heterocycles. The van der Waals surface area contributed by atoms with E-state index in [1.807, 2.05) is 27.7 Å². The number of aliphatic hydroxyl groups excluding tert-OH is 1.